The number of terminal acetylenes is 1. The van der Waals surface area contributed by atoms with Crippen LogP contribution in [-0.4, -0.2) is 11.9 Å². The molecule has 1 aliphatic carbocycles. The highest BCUT2D eigenvalue weighted by Gasteiger charge is 2.68. The molecule has 1 rings (SSSR count). The summed E-state index contributed by atoms with van der Waals surface area (Å²) in [5.74, 6) is 2.89. The Morgan fingerprint density at radius 3 is 2.19 bits per heavy atom. The number of carbonyl (C=O) groups excluding carboxylic acids is 1. The molecule has 0 aliphatic heterocycles. The summed E-state index contributed by atoms with van der Waals surface area (Å²) < 4.78 is 0. The van der Waals surface area contributed by atoms with E-state index in [-0.39, 0.29) is 28.7 Å². The van der Waals surface area contributed by atoms with Gasteiger partial charge in [-0.1, -0.05) is 34.6 Å². The van der Waals surface area contributed by atoms with Gasteiger partial charge in [0.25, 0.3) is 0 Å². The van der Waals surface area contributed by atoms with Gasteiger partial charge in [0, 0.05) is 18.4 Å². The summed E-state index contributed by atoms with van der Waals surface area (Å²) >= 11 is 0. The van der Waals surface area contributed by atoms with E-state index in [1.807, 2.05) is 6.92 Å². The average molecular weight is 221 g/mol. The normalized spacial score (nSPS) is 23.2. The molecule has 1 saturated carbocycles. The molecule has 1 fully saturated rings. The van der Waals surface area contributed by atoms with Crippen LogP contribution in [0, 0.1) is 29.1 Å². The summed E-state index contributed by atoms with van der Waals surface area (Å²) in [6.45, 7) is 10.7. The fourth-order valence-corrected chi connectivity index (χ4v) is 2.58. The van der Waals surface area contributed by atoms with E-state index < -0.39 is 0 Å². The van der Waals surface area contributed by atoms with Crippen LogP contribution in [0.15, 0.2) is 0 Å². The Morgan fingerprint density at radius 1 is 1.38 bits per heavy atom. The van der Waals surface area contributed by atoms with Gasteiger partial charge in [-0.2, -0.15) is 0 Å². The number of carbonyl (C=O) groups is 1. The first-order valence-electron chi connectivity index (χ1n) is 6.02. The first-order chi connectivity index (χ1) is 7.29. The van der Waals surface area contributed by atoms with Crippen molar-refractivity contribution in [1.82, 2.24) is 5.32 Å². The lowest BCUT2D eigenvalue weighted by molar-refractivity contribution is -0.124. The molecule has 0 heterocycles. The van der Waals surface area contributed by atoms with Crippen LogP contribution in [0.2, 0.25) is 0 Å². The van der Waals surface area contributed by atoms with Gasteiger partial charge in [-0.05, 0) is 17.3 Å². The Morgan fingerprint density at radius 2 is 1.88 bits per heavy atom. The minimum atomic E-state index is 0.103. The van der Waals surface area contributed by atoms with Crippen LogP contribution in [0.4, 0.5) is 0 Å². The van der Waals surface area contributed by atoms with Crippen molar-refractivity contribution in [2.75, 3.05) is 0 Å². The third-order valence-electron chi connectivity index (χ3n) is 4.49. The van der Waals surface area contributed by atoms with Crippen LogP contribution >= 0.6 is 0 Å². The second kappa shape index (κ2) is 4.13. The minimum Gasteiger partial charge on any atom is -0.352 e. The second-order valence-corrected chi connectivity index (χ2v) is 5.90. The van der Waals surface area contributed by atoms with Crippen molar-refractivity contribution in [3.8, 4) is 12.3 Å². The molecule has 0 aromatic rings. The van der Waals surface area contributed by atoms with Gasteiger partial charge >= 0.3 is 0 Å². The van der Waals surface area contributed by atoms with Crippen molar-refractivity contribution in [1.29, 1.82) is 0 Å². The first kappa shape index (κ1) is 13.1. The van der Waals surface area contributed by atoms with Gasteiger partial charge in [0.1, 0.15) is 0 Å². The van der Waals surface area contributed by atoms with Crippen molar-refractivity contribution in [2.24, 2.45) is 16.7 Å². The van der Waals surface area contributed by atoms with Gasteiger partial charge < -0.3 is 5.32 Å². The molecule has 0 saturated heterocycles. The van der Waals surface area contributed by atoms with Crippen molar-refractivity contribution >= 4 is 5.91 Å². The smallest absolute Gasteiger partial charge is 0.224 e. The van der Waals surface area contributed by atoms with E-state index in [0.717, 1.165) is 6.42 Å². The first-order valence-corrected chi connectivity index (χ1v) is 6.02. The third kappa shape index (κ3) is 1.96. The zero-order valence-corrected chi connectivity index (χ0v) is 11.1. The lowest BCUT2D eigenvalue weighted by atomic mass is 10.0. The van der Waals surface area contributed by atoms with E-state index in [9.17, 15) is 4.79 Å². The molecule has 0 aromatic heterocycles. The third-order valence-corrected chi connectivity index (χ3v) is 4.49. The lowest BCUT2D eigenvalue weighted by Crippen LogP contribution is -2.36. The Labute approximate surface area is 99.2 Å². The molecule has 1 atom stereocenters. The molecule has 0 spiro atoms. The molecule has 16 heavy (non-hydrogen) atoms. The van der Waals surface area contributed by atoms with E-state index in [1.54, 1.807) is 0 Å². The summed E-state index contributed by atoms with van der Waals surface area (Å²) in [5, 5.41) is 3.06. The van der Waals surface area contributed by atoms with Gasteiger partial charge in [-0.25, -0.2) is 0 Å². The predicted octanol–water partition coefficient (Wildman–Crippen LogP) is 2.59. The van der Waals surface area contributed by atoms with Crippen LogP contribution in [0.25, 0.3) is 0 Å². The Bertz CT molecular complexity index is 308. The number of nitrogens with one attached hydrogen (secondary N) is 1. The second-order valence-electron chi connectivity index (χ2n) is 5.90. The standard InChI is InChI=1S/C14H23NO/c1-7-9-10(8-2)15-12(16)11-13(3,4)14(11,5)6/h1,10-11H,8-9H2,2-6H3,(H,15,16). The molecule has 0 radical (unpaired) electrons. The van der Waals surface area contributed by atoms with E-state index >= 15 is 0 Å². The maximum Gasteiger partial charge on any atom is 0.224 e. The maximum atomic E-state index is 12.1. The van der Waals surface area contributed by atoms with Gasteiger partial charge in [0.05, 0.1) is 0 Å². The topological polar surface area (TPSA) is 29.1 Å². The highest BCUT2D eigenvalue weighted by molar-refractivity contribution is 5.84. The van der Waals surface area contributed by atoms with Crippen LogP contribution in [0.1, 0.15) is 47.5 Å². The average Bonchev–Trinajstić information content (AvgIpc) is 2.56. The van der Waals surface area contributed by atoms with Gasteiger partial charge in [0.2, 0.25) is 5.91 Å². The van der Waals surface area contributed by atoms with Crippen molar-refractivity contribution in [3.05, 3.63) is 0 Å². The Hall–Kier alpha value is -0.970. The largest absolute Gasteiger partial charge is 0.352 e. The predicted molar refractivity (Wildman–Crippen MR) is 66.7 cm³/mol. The SMILES string of the molecule is C#CCC(CC)NC(=O)C1C(C)(C)C1(C)C. The molecule has 90 valence electrons. The van der Waals surface area contributed by atoms with E-state index in [2.05, 4.69) is 38.9 Å². The highest BCUT2D eigenvalue weighted by Crippen LogP contribution is 2.68. The van der Waals surface area contributed by atoms with Crippen molar-refractivity contribution in [3.63, 3.8) is 0 Å². The zero-order valence-electron chi connectivity index (χ0n) is 11.1. The molecule has 1 aliphatic rings. The number of hydrogen-bond acceptors (Lipinski definition) is 1. The van der Waals surface area contributed by atoms with Gasteiger partial charge in [0.15, 0.2) is 0 Å². The molecule has 1 unspecified atom stereocenters. The molecule has 1 N–H and O–H groups in total. The number of amides is 1. The number of hydrogen-bond donors (Lipinski definition) is 1. The highest BCUT2D eigenvalue weighted by atomic mass is 16.2. The Balaban J connectivity index is 2.59. The van der Waals surface area contributed by atoms with E-state index in [0.29, 0.717) is 6.42 Å². The lowest BCUT2D eigenvalue weighted by Gasteiger charge is -2.15. The Kier molecular flexibility index (Phi) is 3.38. The van der Waals surface area contributed by atoms with Crippen LogP contribution in [-0.2, 0) is 4.79 Å². The quantitative estimate of drug-likeness (QED) is 0.726. The molecule has 0 aromatic carbocycles. The van der Waals surface area contributed by atoms with Crippen molar-refractivity contribution < 1.29 is 4.79 Å². The zero-order chi connectivity index (χ0) is 12.6. The summed E-state index contributed by atoms with van der Waals surface area (Å²) in [4.78, 5) is 12.1. The van der Waals surface area contributed by atoms with Gasteiger partial charge in [-0.3, -0.25) is 4.79 Å². The van der Waals surface area contributed by atoms with Gasteiger partial charge in [-0.15, -0.1) is 12.3 Å². The van der Waals surface area contributed by atoms with Crippen LogP contribution < -0.4 is 5.32 Å². The molecule has 0 bridgehead atoms. The van der Waals surface area contributed by atoms with Crippen molar-refractivity contribution in [2.45, 2.75) is 53.5 Å². The summed E-state index contributed by atoms with van der Waals surface area (Å²) in [6.07, 6.45) is 6.79. The van der Waals surface area contributed by atoms with E-state index in [4.69, 9.17) is 6.42 Å². The van der Waals surface area contributed by atoms with E-state index in [1.165, 1.54) is 0 Å². The fraction of sp³-hybridized carbons (Fsp3) is 0.786. The minimum absolute atomic E-state index is 0.103. The van der Waals surface area contributed by atoms with Crippen LogP contribution in [0.5, 0.6) is 0 Å². The summed E-state index contributed by atoms with van der Waals surface area (Å²) in [5.41, 5.74) is 0.205. The molecule has 2 nitrogen and oxygen atoms in total. The maximum absolute atomic E-state index is 12.1. The molecular weight excluding hydrogens is 198 g/mol. The van der Waals surface area contributed by atoms with Crippen LogP contribution in [0.3, 0.4) is 0 Å². The monoisotopic (exact) mass is 221 g/mol. The summed E-state index contributed by atoms with van der Waals surface area (Å²) in [6, 6.07) is 0.129. The summed E-state index contributed by atoms with van der Waals surface area (Å²) in [7, 11) is 0. The molecular formula is C14H23NO. The molecule has 2 heteroatoms. The molecule has 1 amide bonds. The fourth-order valence-electron chi connectivity index (χ4n) is 2.58. The number of rotatable bonds is 4.